The van der Waals surface area contributed by atoms with Crippen molar-refractivity contribution in [2.45, 2.75) is 25.6 Å². The number of aliphatic carboxylic acids is 1. The Kier molecular flexibility index (Phi) is 4.94. The molecule has 0 radical (unpaired) electrons. The molecule has 18 heavy (non-hydrogen) atoms. The molecular formula is C12H17NO5. The molecule has 0 aliphatic rings. The second kappa shape index (κ2) is 6.23. The van der Waals surface area contributed by atoms with Gasteiger partial charge in [-0.3, -0.25) is 10.1 Å². The van der Waals surface area contributed by atoms with Gasteiger partial charge < -0.3 is 20.1 Å². The third kappa shape index (κ3) is 3.61. The van der Waals surface area contributed by atoms with Crippen molar-refractivity contribution in [3.8, 4) is 11.5 Å². The second-order valence-electron chi connectivity index (χ2n) is 3.94. The van der Waals surface area contributed by atoms with Crippen LogP contribution in [0.25, 0.3) is 0 Å². The highest BCUT2D eigenvalue weighted by atomic mass is 16.5. The molecule has 1 aromatic carbocycles. The van der Waals surface area contributed by atoms with Gasteiger partial charge in [-0.05, 0) is 24.6 Å². The van der Waals surface area contributed by atoms with E-state index in [1.54, 1.807) is 12.1 Å². The first kappa shape index (κ1) is 14.3. The third-order valence-electron chi connectivity index (χ3n) is 2.52. The van der Waals surface area contributed by atoms with Crippen molar-refractivity contribution in [2.24, 2.45) is 0 Å². The largest absolute Gasteiger partial charge is 0.504 e. The number of hydrogen-bond acceptors (Lipinski definition) is 5. The van der Waals surface area contributed by atoms with Crippen LogP contribution in [0.15, 0.2) is 18.2 Å². The number of ether oxygens (including phenoxy) is 1. The van der Waals surface area contributed by atoms with E-state index in [4.69, 9.17) is 9.84 Å². The fourth-order valence-electron chi connectivity index (χ4n) is 1.52. The van der Waals surface area contributed by atoms with Gasteiger partial charge in [-0.25, -0.2) is 0 Å². The van der Waals surface area contributed by atoms with Gasteiger partial charge in [-0.1, -0.05) is 6.07 Å². The first-order valence-corrected chi connectivity index (χ1v) is 5.46. The predicted molar refractivity (Wildman–Crippen MR) is 64.6 cm³/mol. The van der Waals surface area contributed by atoms with Crippen molar-refractivity contribution in [3.05, 3.63) is 23.8 Å². The molecule has 100 valence electrons. The van der Waals surface area contributed by atoms with Crippen molar-refractivity contribution in [2.75, 3.05) is 7.11 Å². The van der Waals surface area contributed by atoms with Gasteiger partial charge in [0.1, 0.15) is 6.04 Å². The number of carboxylic acids is 1. The summed E-state index contributed by atoms with van der Waals surface area (Å²) in [6, 6.07) is 3.67. The Morgan fingerprint density at radius 2 is 2.17 bits per heavy atom. The number of methoxy groups -OCH3 is 1. The third-order valence-corrected chi connectivity index (χ3v) is 2.52. The van der Waals surface area contributed by atoms with Crippen LogP contribution in [0.1, 0.15) is 12.5 Å². The maximum Gasteiger partial charge on any atom is 0.323 e. The van der Waals surface area contributed by atoms with Gasteiger partial charge in [-0.2, -0.15) is 0 Å². The van der Waals surface area contributed by atoms with Crippen LogP contribution in [0.3, 0.4) is 0 Å². The molecule has 0 amide bonds. The Labute approximate surface area is 105 Å². The van der Waals surface area contributed by atoms with Gasteiger partial charge in [0, 0.05) is 6.54 Å². The Bertz CT molecular complexity index is 419. The number of carbonyl (C=O) groups is 1. The summed E-state index contributed by atoms with van der Waals surface area (Å²) in [5, 5.41) is 30.3. The molecule has 0 fully saturated rings. The van der Waals surface area contributed by atoms with E-state index < -0.39 is 18.1 Å². The lowest BCUT2D eigenvalue weighted by Gasteiger charge is -2.17. The molecular weight excluding hydrogens is 238 g/mol. The lowest BCUT2D eigenvalue weighted by atomic mass is 10.1. The van der Waals surface area contributed by atoms with Crippen LogP contribution in [-0.4, -0.2) is 40.5 Å². The molecule has 4 N–H and O–H groups in total. The van der Waals surface area contributed by atoms with E-state index >= 15 is 0 Å². The summed E-state index contributed by atoms with van der Waals surface area (Å²) in [4.78, 5) is 10.9. The topological polar surface area (TPSA) is 99.0 Å². The summed E-state index contributed by atoms with van der Waals surface area (Å²) in [5.41, 5.74) is 0.747. The number of rotatable bonds is 6. The standard InChI is InChI=1S/C12H17NO5/c1-7(14)11(12(16)17)13-6-8-3-4-9(15)10(5-8)18-2/h3-5,7,11,13-15H,6H2,1-2H3,(H,16,17). The minimum absolute atomic E-state index is 0.0200. The van der Waals surface area contributed by atoms with Gasteiger partial charge in [-0.15, -0.1) is 0 Å². The molecule has 0 bridgehead atoms. The molecule has 0 aliphatic carbocycles. The van der Waals surface area contributed by atoms with E-state index in [-0.39, 0.29) is 12.3 Å². The normalized spacial score (nSPS) is 13.9. The summed E-state index contributed by atoms with van der Waals surface area (Å²) >= 11 is 0. The van der Waals surface area contributed by atoms with E-state index in [0.29, 0.717) is 5.75 Å². The van der Waals surface area contributed by atoms with Gasteiger partial charge in [0.25, 0.3) is 0 Å². The van der Waals surface area contributed by atoms with Gasteiger partial charge in [0.05, 0.1) is 13.2 Å². The minimum Gasteiger partial charge on any atom is -0.504 e. The SMILES string of the molecule is COc1cc(CNC(C(=O)O)C(C)O)ccc1O. The second-order valence-corrected chi connectivity index (χ2v) is 3.94. The molecule has 0 heterocycles. The Balaban J connectivity index is 2.70. The number of aliphatic hydroxyl groups is 1. The molecule has 0 spiro atoms. The van der Waals surface area contributed by atoms with Crippen LogP contribution in [0, 0.1) is 0 Å². The van der Waals surface area contributed by atoms with Crippen molar-refractivity contribution in [1.82, 2.24) is 5.32 Å². The highest BCUT2D eigenvalue weighted by Crippen LogP contribution is 2.26. The summed E-state index contributed by atoms with van der Waals surface area (Å²) < 4.78 is 4.94. The van der Waals surface area contributed by atoms with Crippen LogP contribution in [0.2, 0.25) is 0 Å². The summed E-state index contributed by atoms with van der Waals surface area (Å²) in [6.07, 6.45) is -0.999. The smallest absolute Gasteiger partial charge is 0.323 e. The number of aliphatic hydroxyl groups excluding tert-OH is 1. The fraction of sp³-hybridized carbons (Fsp3) is 0.417. The highest BCUT2D eigenvalue weighted by molar-refractivity contribution is 5.74. The van der Waals surface area contributed by atoms with E-state index in [9.17, 15) is 15.0 Å². The minimum atomic E-state index is -1.12. The Morgan fingerprint density at radius 3 is 2.67 bits per heavy atom. The Morgan fingerprint density at radius 1 is 1.50 bits per heavy atom. The van der Waals surface area contributed by atoms with Crippen molar-refractivity contribution in [3.63, 3.8) is 0 Å². The number of benzene rings is 1. The summed E-state index contributed by atoms with van der Waals surface area (Å²) in [5.74, 6) is -0.777. The van der Waals surface area contributed by atoms with Crippen molar-refractivity contribution >= 4 is 5.97 Å². The van der Waals surface area contributed by atoms with E-state index in [0.717, 1.165) is 5.56 Å². The molecule has 2 unspecified atom stereocenters. The number of nitrogens with one attached hydrogen (secondary N) is 1. The summed E-state index contributed by atoms with van der Waals surface area (Å²) in [6.45, 7) is 1.65. The average Bonchev–Trinajstić information content (AvgIpc) is 2.30. The molecule has 0 saturated heterocycles. The average molecular weight is 255 g/mol. The molecule has 6 nitrogen and oxygen atoms in total. The van der Waals surface area contributed by atoms with Crippen LogP contribution < -0.4 is 10.1 Å². The van der Waals surface area contributed by atoms with E-state index in [1.807, 2.05) is 0 Å². The quantitative estimate of drug-likeness (QED) is 0.584. The molecule has 0 aliphatic heterocycles. The molecule has 6 heteroatoms. The first-order chi connectivity index (χ1) is 8.45. The van der Waals surface area contributed by atoms with E-state index in [2.05, 4.69) is 5.32 Å². The molecule has 0 aromatic heterocycles. The zero-order chi connectivity index (χ0) is 13.7. The summed E-state index contributed by atoms with van der Waals surface area (Å²) in [7, 11) is 1.43. The highest BCUT2D eigenvalue weighted by Gasteiger charge is 2.22. The number of carboxylic acid groups (broad SMARTS) is 1. The van der Waals surface area contributed by atoms with Gasteiger partial charge in [0.2, 0.25) is 0 Å². The van der Waals surface area contributed by atoms with Crippen LogP contribution in [-0.2, 0) is 11.3 Å². The van der Waals surface area contributed by atoms with Crippen LogP contribution in [0.4, 0.5) is 0 Å². The van der Waals surface area contributed by atoms with Gasteiger partial charge >= 0.3 is 5.97 Å². The Hall–Kier alpha value is -1.79. The van der Waals surface area contributed by atoms with Crippen molar-refractivity contribution < 1.29 is 24.9 Å². The molecule has 1 rings (SSSR count). The lowest BCUT2D eigenvalue weighted by Crippen LogP contribution is -2.44. The first-order valence-electron chi connectivity index (χ1n) is 5.46. The molecule has 2 atom stereocenters. The fourth-order valence-corrected chi connectivity index (χ4v) is 1.52. The zero-order valence-corrected chi connectivity index (χ0v) is 10.3. The van der Waals surface area contributed by atoms with Crippen molar-refractivity contribution in [1.29, 1.82) is 0 Å². The van der Waals surface area contributed by atoms with Crippen LogP contribution >= 0.6 is 0 Å². The molecule has 0 saturated carbocycles. The zero-order valence-electron chi connectivity index (χ0n) is 10.3. The number of aromatic hydroxyl groups is 1. The number of phenolic OH excluding ortho intramolecular Hbond substituents is 1. The maximum absolute atomic E-state index is 10.9. The maximum atomic E-state index is 10.9. The number of hydrogen-bond donors (Lipinski definition) is 4. The molecule has 1 aromatic rings. The number of phenols is 1. The van der Waals surface area contributed by atoms with Gasteiger partial charge in [0.15, 0.2) is 11.5 Å². The monoisotopic (exact) mass is 255 g/mol. The van der Waals surface area contributed by atoms with E-state index in [1.165, 1.54) is 20.1 Å². The predicted octanol–water partition coefficient (Wildman–Crippen LogP) is 0.324. The lowest BCUT2D eigenvalue weighted by molar-refractivity contribution is -0.142. The van der Waals surface area contributed by atoms with Crippen LogP contribution in [0.5, 0.6) is 11.5 Å².